The van der Waals surface area contributed by atoms with Crippen LogP contribution in [0.25, 0.3) is 0 Å². The SMILES string of the molecule is OCC1C=CC(Cl)(c2ccccc2Br)C=C1. The normalized spacial score (nSPS) is 28.3. The molecule has 0 aromatic heterocycles. The van der Waals surface area contributed by atoms with Crippen molar-refractivity contribution in [2.45, 2.75) is 4.87 Å². The molecule has 0 heterocycles. The molecule has 0 saturated carbocycles. The number of alkyl halides is 1. The summed E-state index contributed by atoms with van der Waals surface area (Å²) in [5.74, 6) is 0.0781. The van der Waals surface area contributed by atoms with Crippen molar-refractivity contribution >= 4 is 27.5 Å². The van der Waals surface area contributed by atoms with Gasteiger partial charge in [0.15, 0.2) is 0 Å². The summed E-state index contributed by atoms with van der Waals surface area (Å²) in [6, 6.07) is 7.88. The van der Waals surface area contributed by atoms with Crippen molar-refractivity contribution < 1.29 is 5.11 Å². The molecule has 0 unspecified atom stereocenters. The van der Waals surface area contributed by atoms with E-state index in [1.165, 1.54) is 0 Å². The number of rotatable bonds is 2. The van der Waals surface area contributed by atoms with Gasteiger partial charge in [-0.15, -0.1) is 11.6 Å². The second-order valence-electron chi connectivity index (χ2n) is 3.81. The first-order valence-electron chi connectivity index (χ1n) is 5.09. The average Bonchev–Trinajstić information content (AvgIpc) is 2.30. The molecule has 1 N–H and O–H groups in total. The van der Waals surface area contributed by atoms with E-state index in [9.17, 15) is 0 Å². The number of benzene rings is 1. The van der Waals surface area contributed by atoms with Gasteiger partial charge in [0, 0.05) is 10.4 Å². The lowest BCUT2D eigenvalue weighted by atomic mass is 9.90. The maximum Gasteiger partial charge on any atom is 0.107 e. The average molecular weight is 300 g/mol. The molecule has 1 aliphatic rings. The lowest BCUT2D eigenvalue weighted by Gasteiger charge is -2.25. The fourth-order valence-electron chi connectivity index (χ4n) is 1.72. The standard InChI is InChI=1S/C13H12BrClO/c14-12-4-2-1-3-11(12)13(15)7-5-10(9-16)6-8-13/h1-8,10,16H,9H2. The van der Waals surface area contributed by atoms with Gasteiger partial charge in [0.25, 0.3) is 0 Å². The summed E-state index contributed by atoms with van der Waals surface area (Å²) in [4.78, 5) is -0.605. The predicted molar refractivity (Wildman–Crippen MR) is 70.5 cm³/mol. The summed E-state index contributed by atoms with van der Waals surface area (Å²) < 4.78 is 0.988. The van der Waals surface area contributed by atoms with E-state index < -0.39 is 4.87 Å². The van der Waals surface area contributed by atoms with Crippen LogP contribution in [0.5, 0.6) is 0 Å². The Morgan fingerprint density at radius 1 is 1.25 bits per heavy atom. The van der Waals surface area contributed by atoms with Crippen LogP contribution in [0.3, 0.4) is 0 Å². The Morgan fingerprint density at radius 3 is 2.44 bits per heavy atom. The molecule has 0 atom stereocenters. The van der Waals surface area contributed by atoms with Gasteiger partial charge in [-0.05, 0) is 11.6 Å². The lowest BCUT2D eigenvalue weighted by Crippen LogP contribution is -2.18. The minimum atomic E-state index is -0.605. The van der Waals surface area contributed by atoms with Crippen molar-refractivity contribution in [2.75, 3.05) is 6.61 Å². The third kappa shape index (κ3) is 2.24. The number of hydrogen-bond donors (Lipinski definition) is 1. The van der Waals surface area contributed by atoms with Crippen molar-refractivity contribution in [1.82, 2.24) is 0 Å². The van der Waals surface area contributed by atoms with Crippen molar-refractivity contribution in [3.05, 3.63) is 58.6 Å². The molecule has 84 valence electrons. The van der Waals surface area contributed by atoms with Gasteiger partial charge in [0.1, 0.15) is 4.87 Å². The van der Waals surface area contributed by atoms with E-state index in [0.717, 1.165) is 10.0 Å². The molecule has 1 aromatic rings. The zero-order chi connectivity index (χ0) is 11.6. The predicted octanol–water partition coefficient (Wildman–Crippen LogP) is 3.62. The fraction of sp³-hybridized carbons (Fsp3) is 0.231. The summed E-state index contributed by atoms with van der Waals surface area (Å²) >= 11 is 10.0. The Bertz CT molecular complexity index is 425. The summed E-state index contributed by atoms with van der Waals surface area (Å²) in [7, 11) is 0. The van der Waals surface area contributed by atoms with Crippen LogP contribution >= 0.6 is 27.5 Å². The van der Waals surface area contributed by atoms with Crippen molar-refractivity contribution in [3.8, 4) is 0 Å². The van der Waals surface area contributed by atoms with Crippen molar-refractivity contribution in [2.24, 2.45) is 5.92 Å². The molecular weight excluding hydrogens is 287 g/mol. The van der Waals surface area contributed by atoms with E-state index >= 15 is 0 Å². The second kappa shape index (κ2) is 4.74. The molecule has 16 heavy (non-hydrogen) atoms. The first kappa shape index (κ1) is 11.9. The molecule has 2 rings (SSSR count). The number of aliphatic hydroxyl groups excluding tert-OH is 1. The molecule has 3 heteroatoms. The van der Waals surface area contributed by atoms with Crippen molar-refractivity contribution in [1.29, 1.82) is 0 Å². The van der Waals surface area contributed by atoms with Crippen LogP contribution in [0, 0.1) is 5.92 Å². The molecular formula is C13H12BrClO. The van der Waals surface area contributed by atoms with Crippen LogP contribution in [-0.2, 0) is 4.87 Å². The molecule has 1 aromatic carbocycles. The van der Waals surface area contributed by atoms with E-state index in [4.69, 9.17) is 16.7 Å². The fourth-order valence-corrected chi connectivity index (χ4v) is 2.76. The van der Waals surface area contributed by atoms with Gasteiger partial charge in [-0.3, -0.25) is 0 Å². The minimum absolute atomic E-state index is 0.0781. The smallest absolute Gasteiger partial charge is 0.107 e. The van der Waals surface area contributed by atoms with Gasteiger partial charge in [-0.2, -0.15) is 0 Å². The molecule has 0 saturated heterocycles. The summed E-state index contributed by atoms with van der Waals surface area (Å²) in [5.41, 5.74) is 1.01. The van der Waals surface area contributed by atoms with Crippen LogP contribution in [0.15, 0.2) is 53.0 Å². The van der Waals surface area contributed by atoms with Crippen LogP contribution < -0.4 is 0 Å². The number of halogens is 2. The summed E-state index contributed by atoms with van der Waals surface area (Å²) in [6.07, 6.45) is 7.73. The molecule has 0 amide bonds. The summed E-state index contributed by atoms with van der Waals surface area (Å²) in [5, 5.41) is 9.03. The molecule has 1 nitrogen and oxygen atoms in total. The van der Waals surface area contributed by atoms with Gasteiger partial charge in [0.05, 0.1) is 6.61 Å². The number of aliphatic hydroxyl groups is 1. The zero-order valence-corrected chi connectivity index (χ0v) is 10.9. The highest BCUT2D eigenvalue weighted by atomic mass is 79.9. The maximum absolute atomic E-state index is 9.03. The Kier molecular flexibility index (Phi) is 3.53. The Balaban J connectivity index is 2.35. The molecule has 1 aliphatic carbocycles. The van der Waals surface area contributed by atoms with Gasteiger partial charge in [-0.1, -0.05) is 58.4 Å². The van der Waals surface area contributed by atoms with E-state index in [-0.39, 0.29) is 12.5 Å². The monoisotopic (exact) mass is 298 g/mol. The Morgan fingerprint density at radius 2 is 1.88 bits per heavy atom. The molecule has 0 fully saturated rings. The third-order valence-corrected chi connectivity index (χ3v) is 3.82. The van der Waals surface area contributed by atoms with Gasteiger partial charge in [0.2, 0.25) is 0 Å². The van der Waals surface area contributed by atoms with Gasteiger partial charge >= 0.3 is 0 Å². The molecule has 0 spiro atoms. The highest BCUT2D eigenvalue weighted by Crippen LogP contribution is 2.39. The Labute approximate surface area is 109 Å². The first-order chi connectivity index (χ1) is 7.65. The van der Waals surface area contributed by atoms with Crippen LogP contribution in [-0.4, -0.2) is 11.7 Å². The minimum Gasteiger partial charge on any atom is -0.395 e. The quantitative estimate of drug-likeness (QED) is 0.653. The Hall–Kier alpha value is -0.570. The highest BCUT2D eigenvalue weighted by molar-refractivity contribution is 9.10. The summed E-state index contributed by atoms with van der Waals surface area (Å²) in [6.45, 7) is 0.121. The van der Waals surface area contributed by atoms with E-state index in [1.54, 1.807) is 0 Å². The molecule has 0 radical (unpaired) electrons. The van der Waals surface area contributed by atoms with Gasteiger partial charge in [-0.25, -0.2) is 0 Å². The zero-order valence-electron chi connectivity index (χ0n) is 8.61. The highest BCUT2D eigenvalue weighted by Gasteiger charge is 2.27. The number of allylic oxidation sites excluding steroid dienone is 2. The maximum atomic E-state index is 9.03. The van der Waals surface area contributed by atoms with Gasteiger partial charge < -0.3 is 5.11 Å². The topological polar surface area (TPSA) is 20.2 Å². The first-order valence-corrected chi connectivity index (χ1v) is 6.26. The molecule has 0 bridgehead atoms. The van der Waals surface area contributed by atoms with E-state index in [2.05, 4.69) is 15.9 Å². The third-order valence-electron chi connectivity index (χ3n) is 2.67. The molecule has 0 aliphatic heterocycles. The van der Waals surface area contributed by atoms with Crippen LogP contribution in [0.4, 0.5) is 0 Å². The van der Waals surface area contributed by atoms with Crippen LogP contribution in [0.1, 0.15) is 5.56 Å². The van der Waals surface area contributed by atoms with E-state index in [0.29, 0.717) is 0 Å². The second-order valence-corrected chi connectivity index (χ2v) is 5.29. The largest absolute Gasteiger partial charge is 0.395 e. The van der Waals surface area contributed by atoms with E-state index in [1.807, 2.05) is 48.6 Å². The number of hydrogen-bond acceptors (Lipinski definition) is 1. The van der Waals surface area contributed by atoms with Crippen LogP contribution in [0.2, 0.25) is 0 Å². The van der Waals surface area contributed by atoms with Crippen molar-refractivity contribution in [3.63, 3.8) is 0 Å². The lowest BCUT2D eigenvalue weighted by molar-refractivity contribution is 0.272.